The van der Waals surface area contributed by atoms with Crippen LogP contribution in [-0.2, 0) is 4.79 Å². The second-order valence-corrected chi connectivity index (χ2v) is 5.51. The van der Waals surface area contributed by atoms with Gasteiger partial charge in [0.15, 0.2) is 0 Å². The summed E-state index contributed by atoms with van der Waals surface area (Å²) in [5.41, 5.74) is 5.95. The minimum absolute atomic E-state index is 0.151. The van der Waals surface area contributed by atoms with E-state index in [1.165, 1.54) is 0 Å². The van der Waals surface area contributed by atoms with E-state index in [1.54, 1.807) is 0 Å². The summed E-state index contributed by atoms with van der Waals surface area (Å²) in [6.45, 7) is 4.27. The van der Waals surface area contributed by atoms with Gasteiger partial charge in [0.05, 0.1) is 6.61 Å². The first kappa shape index (κ1) is 13.8. The van der Waals surface area contributed by atoms with Crippen molar-refractivity contribution in [2.75, 3.05) is 39.3 Å². The van der Waals surface area contributed by atoms with E-state index in [0.29, 0.717) is 5.91 Å². The third-order valence-corrected chi connectivity index (χ3v) is 4.16. The molecule has 0 bridgehead atoms. The Balaban J connectivity index is 1.80. The van der Waals surface area contributed by atoms with Crippen molar-refractivity contribution in [3.8, 4) is 0 Å². The topological polar surface area (TPSA) is 69.8 Å². The highest BCUT2D eigenvalue weighted by atomic mass is 16.3. The molecule has 5 nitrogen and oxygen atoms in total. The normalized spacial score (nSPS) is 30.4. The summed E-state index contributed by atoms with van der Waals surface area (Å²) in [5.74, 6) is 0.451. The molecule has 1 saturated heterocycles. The lowest BCUT2D eigenvalue weighted by Gasteiger charge is -2.37. The monoisotopic (exact) mass is 255 g/mol. The van der Waals surface area contributed by atoms with E-state index >= 15 is 0 Å². The zero-order valence-corrected chi connectivity index (χ0v) is 11.1. The maximum absolute atomic E-state index is 12.4. The molecule has 0 unspecified atom stereocenters. The fraction of sp³-hybridized carbons (Fsp3) is 0.923. The van der Waals surface area contributed by atoms with Gasteiger partial charge in [-0.2, -0.15) is 0 Å². The fourth-order valence-electron chi connectivity index (χ4n) is 3.04. The van der Waals surface area contributed by atoms with E-state index in [9.17, 15) is 4.79 Å². The summed E-state index contributed by atoms with van der Waals surface area (Å²) in [6, 6.07) is 0.211. The summed E-state index contributed by atoms with van der Waals surface area (Å²) in [4.78, 5) is 16.6. The van der Waals surface area contributed by atoms with Crippen molar-refractivity contribution < 1.29 is 9.90 Å². The van der Waals surface area contributed by atoms with Gasteiger partial charge in [-0.05, 0) is 19.3 Å². The smallest absolute Gasteiger partial charge is 0.225 e. The van der Waals surface area contributed by atoms with Gasteiger partial charge in [-0.1, -0.05) is 6.42 Å². The van der Waals surface area contributed by atoms with Gasteiger partial charge < -0.3 is 15.7 Å². The van der Waals surface area contributed by atoms with Gasteiger partial charge in [-0.3, -0.25) is 9.69 Å². The maximum Gasteiger partial charge on any atom is 0.225 e. The molecule has 2 rings (SSSR count). The van der Waals surface area contributed by atoms with Gasteiger partial charge in [-0.15, -0.1) is 0 Å². The minimum atomic E-state index is 0.151. The number of nitrogens with two attached hydrogens (primary N) is 1. The van der Waals surface area contributed by atoms with Crippen LogP contribution >= 0.6 is 0 Å². The Hall–Kier alpha value is -0.650. The van der Waals surface area contributed by atoms with Crippen LogP contribution in [0, 0.1) is 5.92 Å². The van der Waals surface area contributed by atoms with Crippen LogP contribution in [0.2, 0.25) is 0 Å². The molecule has 0 aromatic heterocycles. The van der Waals surface area contributed by atoms with Crippen LogP contribution in [0.4, 0.5) is 0 Å². The first-order valence-corrected chi connectivity index (χ1v) is 7.08. The number of rotatable bonds is 3. The molecule has 1 heterocycles. The molecule has 2 aliphatic rings. The molecule has 2 fully saturated rings. The molecule has 1 aliphatic heterocycles. The predicted octanol–water partition coefficient (Wildman–Crippen LogP) is -0.360. The third kappa shape index (κ3) is 3.43. The highest BCUT2D eigenvalue weighted by Crippen LogP contribution is 2.25. The lowest BCUT2D eigenvalue weighted by Crippen LogP contribution is -2.51. The van der Waals surface area contributed by atoms with Gasteiger partial charge in [0.1, 0.15) is 0 Å². The lowest BCUT2D eigenvalue weighted by molar-refractivity contribution is -0.138. The Morgan fingerprint density at radius 3 is 2.56 bits per heavy atom. The van der Waals surface area contributed by atoms with Crippen LogP contribution in [0.25, 0.3) is 0 Å². The molecule has 1 saturated carbocycles. The number of hydrogen-bond acceptors (Lipinski definition) is 4. The number of hydrogen-bond donors (Lipinski definition) is 2. The molecule has 0 aromatic rings. The van der Waals surface area contributed by atoms with Crippen LogP contribution in [0.1, 0.15) is 25.7 Å². The van der Waals surface area contributed by atoms with E-state index in [1.807, 2.05) is 4.90 Å². The standard InChI is InChI=1S/C13H25N3O2/c14-12-3-1-2-11(10-12)13(18)16-6-4-15(5-7-16)8-9-17/h11-12,17H,1-10,14H2/t11-,12-/m0/s1. The molecule has 18 heavy (non-hydrogen) atoms. The van der Waals surface area contributed by atoms with Gasteiger partial charge in [0.25, 0.3) is 0 Å². The van der Waals surface area contributed by atoms with Crippen molar-refractivity contribution in [2.45, 2.75) is 31.7 Å². The Bertz CT molecular complexity index is 277. The number of aliphatic hydroxyl groups excluding tert-OH is 1. The SMILES string of the molecule is N[C@H]1CCC[C@H](C(=O)N2CCN(CCO)CC2)C1. The summed E-state index contributed by atoms with van der Waals surface area (Å²) in [5, 5.41) is 8.89. The van der Waals surface area contributed by atoms with Gasteiger partial charge in [-0.25, -0.2) is 0 Å². The molecular weight excluding hydrogens is 230 g/mol. The highest BCUT2D eigenvalue weighted by molar-refractivity contribution is 5.79. The predicted molar refractivity (Wildman–Crippen MR) is 70.0 cm³/mol. The number of nitrogens with zero attached hydrogens (tertiary/aromatic N) is 2. The van der Waals surface area contributed by atoms with Crippen LogP contribution in [-0.4, -0.2) is 66.2 Å². The number of aliphatic hydroxyl groups is 1. The van der Waals surface area contributed by atoms with Crippen molar-refractivity contribution in [2.24, 2.45) is 11.7 Å². The first-order chi connectivity index (χ1) is 8.70. The second-order valence-electron chi connectivity index (χ2n) is 5.51. The van der Waals surface area contributed by atoms with E-state index in [4.69, 9.17) is 10.8 Å². The molecule has 104 valence electrons. The lowest BCUT2D eigenvalue weighted by atomic mass is 9.85. The van der Waals surface area contributed by atoms with Crippen LogP contribution < -0.4 is 5.73 Å². The van der Waals surface area contributed by atoms with Crippen molar-refractivity contribution in [1.29, 1.82) is 0 Å². The molecule has 0 aromatic carbocycles. The molecule has 0 radical (unpaired) electrons. The quantitative estimate of drug-likeness (QED) is 0.722. The Labute approximate surface area is 109 Å². The van der Waals surface area contributed by atoms with Gasteiger partial charge in [0, 0.05) is 44.7 Å². The highest BCUT2D eigenvalue weighted by Gasteiger charge is 2.30. The average Bonchev–Trinajstić information content (AvgIpc) is 2.39. The molecule has 2 atom stereocenters. The number of carbonyl (C=O) groups excluding carboxylic acids is 1. The third-order valence-electron chi connectivity index (χ3n) is 4.16. The van der Waals surface area contributed by atoms with Crippen molar-refractivity contribution >= 4 is 5.91 Å². The minimum Gasteiger partial charge on any atom is -0.395 e. The van der Waals surface area contributed by atoms with Gasteiger partial charge in [0.2, 0.25) is 5.91 Å². The molecule has 0 spiro atoms. The van der Waals surface area contributed by atoms with E-state index < -0.39 is 0 Å². The summed E-state index contributed by atoms with van der Waals surface area (Å²) in [7, 11) is 0. The zero-order chi connectivity index (χ0) is 13.0. The summed E-state index contributed by atoms with van der Waals surface area (Å²) < 4.78 is 0. The van der Waals surface area contributed by atoms with Crippen molar-refractivity contribution in [1.82, 2.24) is 9.80 Å². The van der Waals surface area contributed by atoms with E-state index in [2.05, 4.69) is 4.90 Å². The summed E-state index contributed by atoms with van der Waals surface area (Å²) >= 11 is 0. The number of piperazine rings is 1. The molecular formula is C13H25N3O2. The number of β-amino-alcohol motifs (C(OH)–C–C–N with tert-alkyl or cyclic N) is 1. The average molecular weight is 255 g/mol. The van der Waals surface area contributed by atoms with Crippen LogP contribution in [0.15, 0.2) is 0 Å². The fourth-order valence-corrected chi connectivity index (χ4v) is 3.04. The largest absolute Gasteiger partial charge is 0.395 e. The van der Waals surface area contributed by atoms with E-state index in [-0.39, 0.29) is 18.6 Å². The van der Waals surface area contributed by atoms with Crippen LogP contribution in [0.5, 0.6) is 0 Å². The Kier molecular flexibility index (Phi) is 4.97. The van der Waals surface area contributed by atoms with E-state index in [0.717, 1.165) is 58.4 Å². The Morgan fingerprint density at radius 2 is 1.94 bits per heavy atom. The number of amides is 1. The summed E-state index contributed by atoms with van der Waals surface area (Å²) in [6.07, 6.45) is 4.01. The molecule has 5 heteroatoms. The second kappa shape index (κ2) is 6.50. The Morgan fingerprint density at radius 1 is 1.22 bits per heavy atom. The zero-order valence-electron chi connectivity index (χ0n) is 11.1. The first-order valence-electron chi connectivity index (χ1n) is 7.08. The molecule has 1 aliphatic carbocycles. The van der Waals surface area contributed by atoms with Crippen molar-refractivity contribution in [3.05, 3.63) is 0 Å². The van der Waals surface area contributed by atoms with Gasteiger partial charge >= 0.3 is 0 Å². The maximum atomic E-state index is 12.4. The molecule has 3 N–H and O–H groups in total. The number of carbonyl (C=O) groups is 1. The molecule has 1 amide bonds. The van der Waals surface area contributed by atoms with Crippen LogP contribution in [0.3, 0.4) is 0 Å². The van der Waals surface area contributed by atoms with Crippen molar-refractivity contribution in [3.63, 3.8) is 0 Å².